The maximum atomic E-state index is 12.6. The molecule has 0 fully saturated rings. The van der Waals surface area contributed by atoms with E-state index in [1.807, 2.05) is 44.4 Å². The van der Waals surface area contributed by atoms with Gasteiger partial charge >= 0.3 is 0 Å². The van der Waals surface area contributed by atoms with E-state index < -0.39 is 0 Å². The number of hydrogen-bond donors (Lipinski definition) is 2. The van der Waals surface area contributed by atoms with Gasteiger partial charge in [-0.05, 0) is 64.1 Å². The Labute approximate surface area is 189 Å². The minimum atomic E-state index is -0.0454. The number of benzene rings is 2. The highest BCUT2D eigenvalue weighted by Gasteiger charge is 2.14. The summed E-state index contributed by atoms with van der Waals surface area (Å²) in [6.45, 7) is 10.2. The van der Waals surface area contributed by atoms with Gasteiger partial charge in [0.15, 0.2) is 5.13 Å². The van der Waals surface area contributed by atoms with E-state index in [1.54, 1.807) is 11.3 Å². The number of nitrogens with one attached hydrogen (secondary N) is 2. The lowest BCUT2D eigenvalue weighted by Gasteiger charge is -2.30. The molecule has 0 spiro atoms. The third kappa shape index (κ3) is 5.95. The fourth-order valence-corrected chi connectivity index (χ4v) is 4.54. The highest BCUT2D eigenvalue weighted by atomic mass is 32.1. The number of thiazole rings is 1. The standard InChI is InChI=1S/C24H33N5OS/c1-16(2)29(17(3)4)13-12-25-23(30)18-10-11-21-22(14-18)31-24(27-21)26-19-8-7-9-20(15-19)28(5)6/h7-11,14-17H,12-13H2,1-6H3,(H,25,30)(H,26,27). The Morgan fingerprint density at radius 3 is 2.48 bits per heavy atom. The van der Waals surface area contributed by atoms with Crippen LogP contribution in [-0.2, 0) is 0 Å². The minimum Gasteiger partial charge on any atom is -0.378 e. The molecular weight excluding hydrogens is 406 g/mol. The molecule has 0 saturated heterocycles. The average Bonchev–Trinajstić information content (AvgIpc) is 3.11. The van der Waals surface area contributed by atoms with E-state index in [0.29, 0.717) is 24.2 Å². The minimum absolute atomic E-state index is 0.0454. The summed E-state index contributed by atoms with van der Waals surface area (Å²) in [6, 6.07) is 14.8. The van der Waals surface area contributed by atoms with Crippen molar-refractivity contribution in [3.8, 4) is 0 Å². The third-order valence-corrected chi connectivity index (χ3v) is 6.18. The van der Waals surface area contributed by atoms with Gasteiger partial charge in [0, 0.05) is 56.2 Å². The summed E-state index contributed by atoms with van der Waals surface area (Å²) in [5, 5.41) is 7.24. The number of amides is 1. The molecular formula is C24H33N5OS. The zero-order chi connectivity index (χ0) is 22.5. The van der Waals surface area contributed by atoms with Crippen molar-refractivity contribution in [2.24, 2.45) is 0 Å². The topological polar surface area (TPSA) is 60.5 Å². The van der Waals surface area contributed by atoms with Crippen LogP contribution in [0.25, 0.3) is 10.2 Å². The summed E-state index contributed by atoms with van der Waals surface area (Å²) in [4.78, 5) is 21.7. The molecule has 0 unspecified atom stereocenters. The van der Waals surface area contributed by atoms with E-state index in [-0.39, 0.29) is 5.91 Å². The summed E-state index contributed by atoms with van der Waals surface area (Å²) in [5.74, 6) is -0.0454. The summed E-state index contributed by atoms with van der Waals surface area (Å²) < 4.78 is 0.991. The molecule has 3 aromatic rings. The summed E-state index contributed by atoms with van der Waals surface area (Å²) in [6.07, 6.45) is 0. The smallest absolute Gasteiger partial charge is 0.251 e. The van der Waals surface area contributed by atoms with Crippen molar-refractivity contribution in [2.45, 2.75) is 39.8 Å². The fourth-order valence-electron chi connectivity index (χ4n) is 3.62. The number of nitrogens with zero attached hydrogens (tertiary/aromatic N) is 3. The second-order valence-electron chi connectivity index (χ2n) is 8.45. The highest BCUT2D eigenvalue weighted by Crippen LogP contribution is 2.30. The highest BCUT2D eigenvalue weighted by molar-refractivity contribution is 7.22. The predicted molar refractivity (Wildman–Crippen MR) is 133 cm³/mol. The fraction of sp³-hybridized carbons (Fsp3) is 0.417. The molecule has 7 heteroatoms. The molecule has 1 heterocycles. The SMILES string of the molecule is CC(C)N(CCNC(=O)c1ccc2nc(Nc3cccc(N(C)C)c3)sc2c1)C(C)C. The molecule has 6 nitrogen and oxygen atoms in total. The Morgan fingerprint density at radius 1 is 1.06 bits per heavy atom. The van der Waals surface area contributed by atoms with Crippen molar-refractivity contribution in [3.63, 3.8) is 0 Å². The summed E-state index contributed by atoms with van der Waals surface area (Å²) in [7, 11) is 4.04. The van der Waals surface area contributed by atoms with E-state index in [1.165, 1.54) is 0 Å². The first-order chi connectivity index (χ1) is 14.7. The quantitative estimate of drug-likeness (QED) is 0.494. The zero-order valence-electron chi connectivity index (χ0n) is 19.3. The Kier molecular flexibility index (Phi) is 7.51. The molecule has 166 valence electrons. The molecule has 0 atom stereocenters. The first kappa shape index (κ1) is 23.0. The maximum Gasteiger partial charge on any atom is 0.251 e. The second-order valence-corrected chi connectivity index (χ2v) is 9.48. The van der Waals surface area contributed by atoms with Crippen LogP contribution in [0.4, 0.5) is 16.5 Å². The van der Waals surface area contributed by atoms with Gasteiger partial charge in [0.25, 0.3) is 5.91 Å². The molecule has 0 bridgehead atoms. The normalized spacial score (nSPS) is 11.5. The van der Waals surface area contributed by atoms with Crippen molar-refractivity contribution in [2.75, 3.05) is 37.4 Å². The molecule has 0 radical (unpaired) electrons. The van der Waals surface area contributed by atoms with Crippen LogP contribution in [-0.4, -0.2) is 55.1 Å². The van der Waals surface area contributed by atoms with Crippen molar-refractivity contribution in [1.29, 1.82) is 0 Å². The Bertz CT molecular complexity index is 1020. The number of fused-ring (bicyclic) bond motifs is 1. The van der Waals surface area contributed by atoms with Crippen molar-refractivity contribution >= 4 is 44.0 Å². The van der Waals surface area contributed by atoms with Gasteiger partial charge in [-0.1, -0.05) is 17.4 Å². The van der Waals surface area contributed by atoms with E-state index in [9.17, 15) is 4.79 Å². The number of carbonyl (C=O) groups excluding carboxylic acids is 1. The molecule has 0 aliphatic carbocycles. The lowest BCUT2D eigenvalue weighted by Crippen LogP contribution is -2.42. The van der Waals surface area contributed by atoms with Crippen LogP contribution in [0, 0.1) is 0 Å². The van der Waals surface area contributed by atoms with Crippen LogP contribution >= 0.6 is 11.3 Å². The van der Waals surface area contributed by atoms with Crippen LogP contribution in [0.3, 0.4) is 0 Å². The average molecular weight is 440 g/mol. The molecule has 3 rings (SSSR count). The van der Waals surface area contributed by atoms with Crippen LogP contribution < -0.4 is 15.5 Å². The van der Waals surface area contributed by atoms with Crippen LogP contribution in [0.15, 0.2) is 42.5 Å². The molecule has 31 heavy (non-hydrogen) atoms. The van der Waals surface area contributed by atoms with Gasteiger partial charge in [-0.25, -0.2) is 4.98 Å². The van der Waals surface area contributed by atoms with E-state index in [0.717, 1.165) is 33.3 Å². The van der Waals surface area contributed by atoms with Gasteiger partial charge in [-0.3, -0.25) is 9.69 Å². The van der Waals surface area contributed by atoms with Gasteiger partial charge in [0.05, 0.1) is 10.2 Å². The number of aromatic nitrogens is 1. The Morgan fingerprint density at radius 2 is 1.81 bits per heavy atom. The monoisotopic (exact) mass is 439 g/mol. The molecule has 2 aromatic carbocycles. The molecule has 0 aliphatic rings. The summed E-state index contributed by atoms with van der Waals surface area (Å²) >= 11 is 1.55. The van der Waals surface area contributed by atoms with Crippen molar-refractivity contribution in [3.05, 3.63) is 48.0 Å². The van der Waals surface area contributed by atoms with Crippen LogP contribution in [0.1, 0.15) is 38.1 Å². The molecule has 0 saturated carbocycles. The largest absolute Gasteiger partial charge is 0.378 e. The molecule has 0 aliphatic heterocycles. The molecule has 2 N–H and O–H groups in total. The number of rotatable bonds is 9. The third-order valence-electron chi connectivity index (χ3n) is 5.25. The van der Waals surface area contributed by atoms with E-state index in [2.05, 4.69) is 65.2 Å². The molecule has 1 aromatic heterocycles. The van der Waals surface area contributed by atoms with Gasteiger partial charge in [0.2, 0.25) is 0 Å². The first-order valence-electron chi connectivity index (χ1n) is 10.7. The number of hydrogen-bond acceptors (Lipinski definition) is 6. The van der Waals surface area contributed by atoms with Crippen molar-refractivity contribution in [1.82, 2.24) is 15.2 Å². The lowest BCUT2D eigenvalue weighted by molar-refractivity contribution is 0.0939. The second kappa shape index (κ2) is 10.1. The number of anilines is 3. The van der Waals surface area contributed by atoms with Gasteiger partial charge < -0.3 is 15.5 Å². The van der Waals surface area contributed by atoms with Gasteiger partial charge in [-0.15, -0.1) is 0 Å². The predicted octanol–water partition coefficient (Wildman–Crippen LogP) is 4.95. The Hall–Kier alpha value is -2.64. The molecule has 1 amide bonds. The van der Waals surface area contributed by atoms with Crippen LogP contribution in [0.5, 0.6) is 0 Å². The van der Waals surface area contributed by atoms with Crippen LogP contribution in [0.2, 0.25) is 0 Å². The number of carbonyl (C=O) groups is 1. The first-order valence-corrected chi connectivity index (χ1v) is 11.5. The summed E-state index contributed by atoms with van der Waals surface area (Å²) in [5.41, 5.74) is 3.67. The Balaban J connectivity index is 1.66. The lowest BCUT2D eigenvalue weighted by atomic mass is 10.2. The van der Waals surface area contributed by atoms with Gasteiger partial charge in [0.1, 0.15) is 0 Å². The maximum absolute atomic E-state index is 12.6. The van der Waals surface area contributed by atoms with Gasteiger partial charge in [-0.2, -0.15) is 0 Å². The van der Waals surface area contributed by atoms with Crippen molar-refractivity contribution < 1.29 is 4.79 Å². The van der Waals surface area contributed by atoms with E-state index in [4.69, 9.17) is 0 Å². The van der Waals surface area contributed by atoms with E-state index >= 15 is 0 Å². The zero-order valence-corrected chi connectivity index (χ0v) is 20.1.